The predicted molar refractivity (Wildman–Crippen MR) is 61.0 cm³/mol. The quantitative estimate of drug-likeness (QED) is 0.443. The van der Waals surface area contributed by atoms with Gasteiger partial charge in [0, 0.05) is 32.8 Å². The Balaban J connectivity index is 5.19. The molecule has 0 bridgehead atoms. The van der Waals surface area contributed by atoms with Crippen LogP contribution in [0.4, 0.5) is 0 Å². The maximum atomic E-state index is 10.8. The van der Waals surface area contributed by atoms with Gasteiger partial charge in [-0.25, -0.2) is 0 Å². The van der Waals surface area contributed by atoms with Crippen molar-refractivity contribution >= 4 is 5.91 Å². The first kappa shape index (κ1) is 14.2. The molecule has 0 saturated heterocycles. The molecule has 0 aromatic heterocycles. The van der Waals surface area contributed by atoms with Gasteiger partial charge in [0.05, 0.1) is 10.6 Å². The van der Waals surface area contributed by atoms with E-state index in [1.807, 2.05) is 0 Å². The van der Waals surface area contributed by atoms with Gasteiger partial charge in [0.15, 0.2) is 0 Å². The molecule has 0 aliphatic heterocycles. The van der Waals surface area contributed by atoms with Crippen LogP contribution in [0.3, 0.4) is 0 Å². The summed E-state index contributed by atoms with van der Waals surface area (Å²) >= 11 is 0. The van der Waals surface area contributed by atoms with Crippen molar-refractivity contribution in [1.82, 2.24) is 10.2 Å². The molecule has 0 rings (SSSR count). The number of carbonyl (C=O) groups is 1. The molecule has 0 aliphatic rings. The highest BCUT2D eigenvalue weighted by Crippen LogP contribution is 2.10. The normalized spacial score (nSPS) is 12.9. The van der Waals surface area contributed by atoms with Gasteiger partial charge in [-0.1, -0.05) is 0 Å². The highest BCUT2D eigenvalue weighted by Gasteiger charge is 2.14. The van der Waals surface area contributed by atoms with E-state index in [-0.39, 0.29) is 11.6 Å². The van der Waals surface area contributed by atoms with E-state index >= 15 is 0 Å². The van der Waals surface area contributed by atoms with Crippen LogP contribution in [-0.4, -0.2) is 29.8 Å². The zero-order valence-corrected chi connectivity index (χ0v) is 10.2. The van der Waals surface area contributed by atoms with E-state index in [4.69, 9.17) is 0 Å². The first-order valence-corrected chi connectivity index (χ1v) is 4.74. The van der Waals surface area contributed by atoms with Crippen LogP contribution in [0.15, 0.2) is 23.2 Å². The van der Waals surface area contributed by atoms with Crippen molar-refractivity contribution in [2.75, 3.05) is 14.1 Å². The van der Waals surface area contributed by atoms with Crippen molar-refractivity contribution in [1.29, 1.82) is 0 Å². The number of nitro groups is 1. The SMILES string of the molecule is CC(=O)N/C(C)=C/C(=C(\C)N(C)C)[N+](=O)[O-]. The van der Waals surface area contributed by atoms with Crippen molar-refractivity contribution in [2.24, 2.45) is 0 Å². The van der Waals surface area contributed by atoms with E-state index in [1.54, 1.807) is 32.8 Å². The van der Waals surface area contributed by atoms with Gasteiger partial charge in [-0.05, 0) is 13.8 Å². The summed E-state index contributed by atoms with van der Waals surface area (Å²) < 4.78 is 0. The standard InChI is InChI=1S/C10H17N3O3/c1-7(11-9(3)14)6-10(13(15)16)8(2)12(4)5/h6H,1-5H3,(H,11,14)/b7-6+,10-8-. The third-order valence-corrected chi connectivity index (χ3v) is 1.96. The Kier molecular flexibility index (Phi) is 5.21. The molecule has 0 fully saturated rings. The minimum atomic E-state index is -0.472. The van der Waals surface area contributed by atoms with E-state index in [0.717, 1.165) is 0 Å². The largest absolute Gasteiger partial charge is 0.376 e. The van der Waals surface area contributed by atoms with Gasteiger partial charge in [0.25, 0.3) is 5.70 Å². The van der Waals surface area contributed by atoms with Gasteiger partial charge in [-0.3, -0.25) is 14.9 Å². The Hall–Kier alpha value is -1.85. The smallest absolute Gasteiger partial charge is 0.289 e. The number of rotatable bonds is 4. The second kappa shape index (κ2) is 5.89. The lowest BCUT2D eigenvalue weighted by molar-refractivity contribution is -0.421. The molecule has 0 spiro atoms. The Morgan fingerprint density at radius 3 is 2.12 bits per heavy atom. The fourth-order valence-electron chi connectivity index (χ4n) is 1.04. The number of carbonyl (C=O) groups excluding carboxylic acids is 1. The molecule has 6 heteroatoms. The third kappa shape index (κ3) is 4.59. The zero-order chi connectivity index (χ0) is 12.9. The van der Waals surface area contributed by atoms with Crippen molar-refractivity contribution in [3.05, 3.63) is 33.3 Å². The minimum Gasteiger partial charge on any atom is -0.376 e. The Morgan fingerprint density at radius 1 is 1.31 bits per heavy atom. The predicted octanol–water partition coefficient (Wildman–Crippen LogP) is 1.10. The van der Waals surface area contributed by atoms with E-state index in [9.17, 15) is 14.9 Å². The van der Waals surface area contributed by atoms with E-state index < -0.39 is 4.92 Å². The lowest BCUT2D eigenvalue weighted by Gasteiger charge is -2.12. The van der Waals surface area contributed by atoms with Gasteiger partial charge < -0.3 is 10.2 Å². The Morgan fingerprint density at radius 2 is 1.81 bits per heavy atom. The number of hydrogen-bond acceptors (Lipinski definition) is 4. The third-order valence-electron chi connectivity index (χ3n) is 1.96. The lowest BCUT2D eigenvalue weighted by Crippen LogP contribution is -2.19. The van der Waals surface area contributed by atoms with Gasteiger partial charge in [-0.15, -0.1) is 0 Å². The molecule has 1 amide bonds. The first-order valence-electron chi connectivity index (χ1n) is 4.74. The van der Waals surface area contributed by atoms with Gasteiger partial charge >= 0.3 is 0 Å². The molecule has 0 aromatic carbocycles. The fraction of sp³-hybridized carbons (Fsp3) is 0.500. The van der Waals surface area contributed by atoms with Crippen LogP contribution in [0.1, 0.15) is 20.8 Å². The second-order valence-electron chi connectivity index (χ2n) is 3.63. The molecule has 0 aromatic rings. The number of allylic oxidation sites excluding steroid dienone is 3. The van der Waals surface area contributed by atoms with Gasteiger partial charge in [-0.2, -0.15) is 0 Å². The van der Waals surface area contributed by atoms with Gasteiger partial charge in [0.2, 0.25) is 5.91 Å². The number of hydrogen-bond donors (Lipinski definition) is 1. The second-order valence-corrected chi connectivity index (χ2v) is 3.63. The number of nitrogens with one attached hydrogen (secondary N) is 1. The molecule has 0 saturated carbocycles. The highest BCUT2D eigenvalue weighted by molar-refractivity contribution is 5.74. The molecular formula is C10H17N3O3. The summed E-state index contributed by atoms with van der Waals surface area (Å²) in [6.07, 6.45) is 1.34. The monoisotopic (exact) mass is 227 g/mol. The molecule has 0 radical (unpaired) electrons. The van der Waals surface area contributed by atoms with Crippen molar-refractivity contribution in [2.45, 2.75) is 20.8 Å². The molecule has 16 heavy (non-hydrogen) atoms. The number of nitrogens with zero attached hydrogens (tertiary/aromatic N) is 2. The summed E-state index contributed by atoms with van der Waals surface area (Å²) in [6.45, 7) is 4.61. The molecule has 90 valence electrons. The Labute approximate surface area is 94.8 Å². The minimum absolute atomic E-state index is 0.0312. The van der Waals surface area contributed by atoms with Crippen molar-refractivity contribution < 1.29 is 9.72 Å². The molecule has 6 nitrogen and oxygen atoms in total. The molecule has 0 heterocycles. The molecular weight excluding hydrogens is 210 g/mol. The summed E-state index contributed by atoms with van der Waals surface area (Å²) in [6, 6.07) is 0. The summed E-state index contributed by atoms with van der Waals surface area (Å²) in [5.41, 5.74) is 0.936. The maximum Gasteiger partial charge on any atom is 0.289 e. The van der Waals surface area contributed by atoms with Crippen molar-refractivity contribution in [3.8, 4) is 0 Å². The lowest BCUT2D eigenvalue weighted by atomic mass is 10.3. The summed E-state index contributed by atoms with van der Waals surface area (Å²) in [7, 11) is 3.45. The van der Waals surface area contributed by atoms with Crippen LogP contribution in [0.5, 0.6) is 0 Å². The van der Waals surface area contributed by atoms with Crippen LogP contribution in [0.2, 0.25) is 0 Å². The topological polar surface area (TPSA) is 75.5 Å². The van der Waals surface area contributed by atoms with Crippen molar-refractivity contribution in [3.63, 3.8) is 0 Å². The highest BCUT2D eigenvalue weighted by atomic mass is 16.6. The average molecular weight is 227 g/mol. The number of amides is 1. The van der Waals surface area contributed by atoms with Crippen LogP contribution in [0, 0.1) is 10.1 Å². The first-order chi connectivity index (χ1) is 7.25. The summed E-state index contributed by atoms with van der Waals surface area (Å²) in [4.78, 5) is 22.8. The summed E-state index contributed by atoms with van der Waals surface area (Å²) in [5, 5.41) is 13.3. The maximum absolute atomic E-state index is 10.8. The zero-order valence-electron chi connectivity index (χ0n) is 10.2. The van der Waals surface area contributed by atoms with E-state index in [0.29, 0.717) is 11.4 Å². The Bertz CT molecular complexity index is 356. The van der Waals surface area contributed by atoms with Crippen LogP contribution in [0.25, 0.3) is 0 Å². The van der Waals surface area contributed by atoms with Gasteiger partial charge in [0.1, 0.15) is 0 Å². The molecule has 1 N–H and O–H groups in total. The molecule has 0 aliphatic carbocycles. The molecule has 0 atom stereocenters. The van der Waals surface area contributed by atoms with Crippen LogP contribution >= 0.6 is 0 Å². The summed E-state index contributed by atoms with van der Waals surface area (Å²) in [5.74, 6) is -0.251. The molecule has 0 unspecified atom stereocenters. The van der Waals surface area contributed by atoms with Crippen LogP contribution < -0.4 is 5.32 Å². The van der Waals surface area contributed by atoms with E-state index in [2.05, 4.69) is 5.32 Å². The van der Waals surface area contributed by atoms with Crippen LogP contribution in [-0.2, 0) is 4.79 Å². The fourth-order valence-corrected chi connectivity index (χ4v) is 1.04. The average Bonchev–Trinajstić information content (AvgIpc) is 2.11. The van der Waals surface area contributed by atoms with E-state index in [1.165, 1.54) is 13.0 Å².